The van der Waals surface area contributed by atoms with Gasteiger partial charge in [-0.15, -0.1) is 0 Å². The van der Waals surface area contributed by atoms with E-state index in [-0.39, 0.29) is 41.1 Å². The van der Waals surface area contributed by atoms with Crippen molar-refractivity contribution >= 4 is 16.9 Å². The summed E-state index contributed by atoms with van der Waals surface area (Å²) < 4.78 is 1.23. The Morgan fingerprint density at radius 2 is 2.20 bits per heavy atom. The molecule has 1 amide bonds. The van der Waals surface area contributed by atoms with Gasteiger partial charge in [0, 0.05) is 25.4 Å². The highest BCUT2D eigenvalue weighted by atomic mass is 16.3. The number of aliphatic hydroxyl groups excluding tert-OH is 1. The molecule has 0 unspecified atom stereocenters. The molecule has 25 heavy (non-hydrogen) atoms. The van der Waals surface area contributed by atoms with Crippen molar-refractivity contribution in [1.29, 1.82) is 0 Å². The van der Waals surface area contributed by atoms with Crippen LogP contribution in [0.15, 0.2) is 15.7 Å². The molecule has 8 nitrogen and oxygen atoms in total. The molecule has 1 aliphatic rings. The molecule has 2 atom stereocenters. The first-order chi connectivity index (χ1) is 11.9. The van der Waals surface area contributed by atoms with E-state index in [1.807, 2.05) is 0 Å². The second-order valence-electron chi connectivity index (χ2n) is 6.71. The number of rotatable bonds is 3. The third-order valence-corrected chi connectivity index (χ3v) is 4.82. The Bertz CT molecular complexity index is 931. The predicted molar refractivity (Wildman–Crippen MR) is 92.6 cm³/mol. The Morgan fingerprint density at radius 3 is 2.92 bits per heavy atom. The van der Waals surface area contributed by atoms with Crippen molar-refractivity contribution in [3.63, 3.8) is 0 Å². The Labute approximate surface area is 143 Å². The summed E-state index contributed by atoms with van der Waals surface area (Å²) in [5.74, 6) is -0.164. The zero-order valence-corrected chi connectivity index (χ0v) is 14.3. The summed E-state index contributed by atoms with van der Waals surface area (Å²) >= 11 is 0. The average molecular weight is 346 g/mol. The van der Waals surface area contributed by atoms with Crippen molar-refractivity contribution in [3.8, 4) is 0 Å². The summed E-state index contributed by atoms with van der Waals surface area (Å²) in [6.45, 7) is 1.83. The van der Waals surface area contributed by atoms with Crippen molar-refractivity contribution in [2.75, 3.05) is 6.61 Å². The maximum Gasteiger partial charge on any atom is 0.329 e. The Balaban J connectivity index is 2.00. The van der Waals surface area contributed by atoms with Crippen LogP contribution in [0.4, 0.5) is 0 Å². The standard InChI is InChI=1S/C17H22N4O4/c1-9-6-12(13-14(18-9)21(2)17(25)20-16(13)24)15(23)19-11-5-3-4-10(7-11)8-22/h6,10-11,22H,3-5,7-8H2,1-2H3,(H,19,23)(H,20,24,25)/t10-,11-/m1/s1. The largest absolute Gasteiger partial charge is 0.396 e. The number of hydrogen-bond acceptors (Lipinski definition) is 5. The van der Waals surface area contributed by atoms with Gasteiger partial charge in [-0.3, -0.25) is 19.1 Å². The number of aliphatic hydroxyl groups is 1. The van der Waals surface area contributed by atoms with E-state index in [2.05, 4.69) is 15.3 Å². The first-order valence-corrected chi connectivity index (χ1v) is 8.43. The summed E-state index contributed by atoms with van der Waals surface area (Å²) in [5, 5.41) is 12.4. The molecular formula is C17H22N4O4. The van der Waals surface area contributed by atoms with Gasteiger partial charge in [-0.1, -0.05) is 6.42 Å². The molecule has 3 rings (SSSR count). The molecule has 2 aromatic heterocycles. The number of nitrogens with one attached hydrogen (secondary N) is 2. The second kappa shape index (κ2) is 6.79. The lowest BCUT2D eigenvalue weighted by molar-refractivity contribution is 0.0907. The van der Waals surface area contributed by atoms with E-state index in [4.69, 9.17) is 0 Å². The van der Waals surface area contributed by atoms with Gasteiger partial charge in [0.05, 0.1) is 10.9 Å². The number of carbonyl (C=O) groups is 1. The zero-order chi connectivity index (χ0) is 18.1. The van der Waals surface area contributed by atoms with Crippen LogP contribution in [0.1, 0.15) is 41.7 Å². The number of aryl methyl sites for hydroxylation is 2. The molecule has 0 saturated heterocycles. The summed E-state index contributed by atoms with van der Waals surface area (Å²) in [5.41, 5.74) is -0.232. The fourth-order valence-corrected chi connectivity index (χ4v) is 3.49. The lowest BCUT2D eigenvalue weighted by Gasteiger charge is -2.28. The zero-order valence-electron chi connectivity index (χ0n) is 14.3. The van der Waals surface area contributed by atoms with E-state index >= 15 is 0 Å². The fraction of sp³-hybridized carbons (Fsp3) is 0.529. The molecule has 0 spiro atoms. The van der Waals surface area contributed by atoms with Gasteiger partial charge in [-0.2, -0.15) is 0 Å². The van der Waals surface area contributed by atoms with E-state index in [9.17, 15) is 19.5 Å². The highest BCUT2D eigenvalue weighted by Crippen LogP contribution is 2.24. The van der Waals surface area contributed by atoms with E-state index in [0.29, 0.717) is 5.69 Å². The monoisotopic (exact) mass is 346 g/mol. The first kappa shape index (κ1) is 17.3. The number of aromatic nitrogens is 3. The number of pyridine rings is 1. The molecule has 2 heterocycles. The van der Waals surface area contributed by atoms with E-state index in [1.165, 1.54) is 11.6 Å². The second-order valence-corrected chi connectivity index (χ2v) is 6.71. The van der Waals surface area contributed by atoms with Crippen molar-refractivity contribution in [2.45, 2.75) is 38.6 Å². The number of aromatic amines is 1. The minimum absolute atomic E-state index is 0.0338. The van der Waals surface area contributed by atoms with E-state index in [1.54, 1.807) is 13.0 Å². The minimum Gasteiger partial charge on any atom is -0.396 e. The predicted octanol–water partition coefficient (Wildman–Crippen LogP) is 0.211. The van der Waals surface area contributed by atoms with Gasteiger partial charge in [0.15, 0.2) is 0 Å². The number of nitrogens with zero attached hydrogens (tertiary/aromatic N) is 2. The number of carbonyl (C=O) groups excluding carboxylic acids is 1. The summed E-state index contributed by atoms with van der Waals surface area (Å²) in [6.07, 6.45) is 3.47. The molecular weight excluding hydrogens is 324 g/mol. The molecule has 0 bridgehead atoms. The van der Waals surface area contributed by atoms with Crippen LogP contribution in [0.3, 0.4) is 0 Å². The van der Waals surface area contributed by atoms with Gasteiger partial charge in [0.2, 0.25) is 0 Å². The maximum atomic E-state index is 12.8. The van der Waals surface area contributed by atoms with Crippen LogP contribution in [0.25, 0.3) is 11.0 Å². The van der Waals surface area contributed by atoms with Crippen LogP contribution in [0.2, 0.25) is 0 Å². The minimum atomic E-state index is -0.618. The van der Waals surface area contributed by atoms with Crippen molar-refractivity contribution in [1.82, 2.24) is 19.9 Å². The Morgan fingerprint density at radius 1 is 1.44 bits per heavy atom. The number of amides is 1. The molecule has 8 heteroatoms. The van der Waals surface area contributed by atoms with Gasteiger partial charge in [0.1, 0.15) is 5.65 Å². The summed E-state index contributed by atoms with van der Waals surface area (Å²) in [6, 6.07) is 1.53. The molecule has 2 aromatic rings. The van der Waals surface area contributed by atoms with Crippen LogP contribution >= 0.6 is 0 Å². The van der Waals surface area contributed by atoms with Crippen LogP contribution in [0, 0.1) is 12.8 Å². The van der Waals surface area contributed by atoms with Crippen LogP contribution in [-0.2, 0) is 7.05 Å². The van der Waals surface area contributed by atoms with Gasteiger partial charge in [-0.25, -0.2) is 9.78 Å². The number of hydrogen-bond donors (Lipinski definition) is 3. The average Bonchev–Trinajstić information content (AvgIpc) is 2.59. The third-order valence-electron chi connectivity index (χ3n) is 4.82. The smallest absolute Gasteiger partial charge is 0.329 e. The molecule has 1 aliphatic carbocycles. The van der Waals surface area contributed by atoms with E-state index < -0.39 is 11.2 Å². The highest BCUT2D eigenvalue weighted by molar-refractivity contribution is 6.05. The Kier molecular flexibility index (Phi) is 4.71. The molecule has 1 fully saturated rings. The van der Waals surface area contributed by atoms with Crippen molar-refractivity contribution in [2.24, 2.45) is 13.0 Å². The molecule has 1 saturated carbocycles. The summed E-state index contributed by atoms with van der Waals surface area (Å²) in [7, 11) is 1.50. The van der Waals surface area contributed by atoms with Crippen molar-refractivity contribution in [3.05, 3.63) is 38.2 Å². The van der Waals surface area contributed by atoms with Gasteiger partial charge in [-0.05, 0) is 38.2 Å². The molecule has 134 valence electrons. The SMILES string of the molecule is Cc1cc(C(=O)N[C@@H]2CCC[C@@H](CO)C2)c2c(=O)[nH]c(=O)n(C)c2n1. The number of H-pyrrole nitrogens is 1. The van der Waals surface area contributed by atoms with Gasteiger partial charge < -0.3 is 10.4 Å². The molecule has 0 radical (unpaired) electrons. The highest BCUT2D eigenvalue weighted by Gasteiger charge is 2.25. The summed E-state index contributed by atoms with van der Waals surface area (Å²) in [4.78, 5) is 43.3. The Hall–Kier alpha value is -2.48. The third kappa shape index (κ3) is 3.34. The molecule has 0 aromatic carbocycles. The normalized spacial score (nSPS) is 20.6. The topological polar surface area (TPSA) is 117 Å². The van der Waals surface area contributed by atoms with Gasteiger partial charge in [0.25, 0.3) is 11.5 Å². The molecule has 3 N–H and O–H groups in total. The van der Waals surface area contributed by atoms with Gasteiger partial charge >= 0.3 is 5.69 Å². The quantitative estimate of drug-likeness (QED) is 0.734. The maximum absolute atomic E-state index is 12.8. The lowest BCUT2D eigenvalue weighted by Crippen LogP contribution is -2.40. The van der Waals surface area contributed by atoms with Crippen LogP contribution in [0.5, 0.6) is 0 Å². The lowest BCUT2D eigenvalue weighted by atomic mass is 9.86. The first-order valence-electron chi connectivity index (χ1n) is 8.43. The molecule has 0 aliphatic heterocycles. The van der Waals surface area contributed by atoms with Crippen LogP contribution in [-0.4, -0.2) is 38.2 Å². The number of fused-ring (bicyclic) bond motifs is 1. The van der Waals surface area contributed by atoms with Crippen LogP contribution < -0.4 is 16.6 Å². The van der Waals surface area contributed by atoms with E-state index in [0.717, 1.165) is 25.7 Å². The van der Waals surface area contributed by atoms with Crippen molar-refractivity contribution < 1.29 is 9.90 Å². The fourth-order valence-electron chi connectivity index (χ4n) is 3.49.